The van der Waals surface area contributed by atoms with Crippen molar-refractivity contribution in [3.05, 3.63) is 34.9 Å². The molecule has 0 unspecified atom stereocenters. The summed E-state index contributed by atoms with van der Waals surface area (Å²) in [5.74, 6) is 0.217. The van der Waals surface area contributed by atoms with Crippen LogP contribution < -0.4 is 4.72 Å². The quantitative estimate of drug-likeness (QED) is 0.862. The average Bonchev–Trinajstić information content (AvgIpc) is 2.49. The fourth-order valence-electron chi connectivity index (χ4n) is 2.91. The van der Waals surface area contributed by atoms with Crippen molar-refractivity contribution in [3.63, 3.8) is 0 Å². The first-order valence-electron chi connectivity index (χ1n) is 8.13. The number of nitrogens with zero attached hydrogens (tertiary/aromatic N) is 1. The molecule has 2 rings (SSSR count). The normalized spacial score (nSPS) is 18.3. The van der Waals surface area contributed by atoms with E-state index in [-0.39, 0.29) is 12.5 Å². The van der Waals surface area contributed by atoms with Gasteiger partial charge in [0.2, 0.25) is 0 Å². The van der Waals surface area contributed by atoms with Gasteiger partial charge in [-0.05, 0) is 63.1 Å². The Morgan fingerprint density at radius 2 is 1.83 bits per heavy atom. The van der Waals surface area contributed by atoms with Crippen molar-refractivity contribution in [1.82, 2.24) is 9.03 Å². The van der Waals surface area contributed by atoms with Crippen LogP contribution in [0.2, 0.25) is 0 Å². The average molecular weight is 340 g/mol. The van der Waals surface area contributed by atoms with E-state index in [1.807, 2.05) is 45.9 Å². The third-order valence-electron chi connectivity index (χ3n) is 4.78. The Balaban J connectivity index is 2.13. The summed E-state index contributed by atoms with van der Waals surface area (Å²) in [5.41, 5.74) is 2.62. The molecule has 6 heteroatoms. The molecular formula is C17H28N2O3S. The molecule has 1 aromatic rings. The van der Waals surface area contributed by atoms with Crippen molar-refractivity contribution in [1.29, 1.82) is 0 Å². The van der Waals surface area contributed by atoms with E-state index in [4.69, 9.17) is 0 Å². The molecule has 0 atom stereocenters. The molecule has 0 aromatic heterocycles. The van der Waals surface area contributed by atoms with Crippen LogP contribution in [0.3, 0.4) is 0 Å². The minimum absolute atomic E-state index is 0.134. The van der Waals surface area contributed by atoms with E-state index in [0.717, 1.165) is 11.1 Å². The number of piperidine rings is 1. The number of hydrogen-bond donors (Lipinski definition) is 2. The fourth-order valence-corrected chi connectivity index (χ4v) is 4.49. The van der Waals surface area contributed by atoms with Crippen LogP contribution in [0.1, 0.15) is 43.4 Å². The highest BCUT2D eigenvalue weighted by molar-refractivity contribution is 7.87. The maximum absolute atomic E-state index is 12.7. The molecular weight excluding hydrogens is 312 g/mol. The number of aryl methyl sites for hydroxylation is 2. The first-order chi connectivity index (χ1) is 10.7. The van der Waals surface area contributed by atoms with Gasteiger partial charge in [-0.15, -0.1) is 0 Å². The molecule has 130 valence electrons. The smallest absolute Gasteiger partial charge is 0.280 e. The van der Waals surface area contributed by atoms with Gasteiger partial charge >= 0.3 is 0 Å². The molecule has 0 amide bonds. The topological polar surface area (TPSA) is 69.6 Å². The van der Waals surface area contributed by atoms with Crippen LogP contribution in [-0.2, 0) is 15.7 Å². The SMILES string of the molecule is Cc1ccc(C(C)(C)NS(=O)(=O)N2CCC(CO)CC2)cc1C. The van der Waals surface area contributed by atoms with Crippen molar-refractivity contribution in [3.8, 4) is 0 Å². The first-order valence-corrected chi connectivity index (χ1v) is 9.57. The van der Waals surface area contributed by atoms with E-state index in [9.17, 15) is 13.5 Å². The number of aliphatic hydroxyl groups is 1. The second-order valence-electron chi connectivity index (χ2n) is 7.06. The minimum Gasteiger partial charge on any atom is -0.396 e. The van der Waals surface area contributed by atoms with Crippen LogP contribution in [0, 0.1) is 19.8 Å². The molecule has 1 fully saturated rings. The number of benzene rings is 1. The molecule has 1 aliphatic heterocycles. The van der Waals surface area contributed by atoms with Gasteiger partial charge in [0.1, 0.15) is 0 Å². The van der Waals surface area contributed by atoms with E-state index in [0.29, 0.717) is 25.9 Å². The number of rotatable bonds is 5. The lowest BCUT2D eigenvalue weighted by Gasteiger charge is -2.34. The van der Waals surface area contributed by atoms with E-state index in [2.05, 4.69) is 4.72 Å². The largest absolute Gasteiger partial charge is 0.396 e. The fraction of sp³-hybridized carbons (Fsp3) is 0.647. The highest BCUT2D eigenvalue weighted by Gasteiger charge is 2.33. The highest BCUT2D eigenvalue weighted by Crippen LogP contribution is 2.25. The van der Waals surface area contributed by atoms with Crippen LogP contribution in [0.25, 0.3) is 0 Å². The zero-order chi connectivity index (χ0) is 17.3. The van der Waals surface area contributed by atoms with Gasteiger partial charge in [0, 0.05) is 19.7 Å². The summed E-state index contributed by atoms with van der Waals surface area (Å²) in [6, 6.07) is 6.03. The lowest BCUT2D eigenvalue weighted by Crippen LogP contribution is -2.51. The second kappa shape index (κ2) is 6.89. The van der Waals surface area contributed by atoms with Gasteiger partial charge in [0.15, 0.2) is 0 Å². The van der Waals surface area contributed by atoms with Gasteiger partial charge < -0.3 is 5.11 Å². The lowest BCUT2D eigenvalue weighted by molar-refractivity contribution is 0.168. The summed E-state index contributed by atoms with van der Waals surface area (Å²) in [5, 5.41) is 9.18. The molecule has 0 spiro atoms. The van der Waals surface area contributed by atoms with E-state index >= 15 is 0 Å². The molecule has 1 heterocycles. The van der Waals surface area contributed by atoms with Gasteiger partial charge in [0.25, 0.3) is 10.2 Å². The van der Waals surface area contributed by atoms with Crippen molar-refractivity contribution < 1.29 is 13.5 Å². The number of aliphatic hydroxyl groups excluding tert-OH is 1. The van der Waals surface area contributed by atoms with Crippen molar-refractivity contribution >= 4 is 10.2 Å². The first kappa shape index (κ1) is 18.4. The summed E-state index contributed by atoms with van der Waals surface area (Å²) in [4.78, 5) is 0. The Bertz CT molecular complexity index is 648. The van der Waals surface area contributed by atoms with Crippen molar-refractivity contribution in [2.75, 3.05) is 19.7 Å². The van der Waals surface area contributed by atoms with Crippen LogP contribution in [0.4, 0.5) is 0 Å². The van der Waals surface area contributed by atoms with Crippen LogP contribution in [0.15, 0.2) is 18.2 Å². The zero-order valence-corrected chi connectivity index (χ0v) is 15.3. The van der Waals surface area contributed by atoms with Gasteiger partial charge in [-0.2, -0.15) is 17.4 Å². The van der Waals surface area contributed by atoms with Gasteiger partial charge in [-0.25, -0.2) is 0 Å². The van der Waals surface area contributed by atoms with Crippen LogP contribution >= 0.6 is 0 Å². The lowest BCUT2D eigenvalue weighted by atomic mass is 9.93. The standard InChI is InChI=1S/C17H28N2O3S/c1-13-5-6-16(11-14(13)2)17(3,4)18-23(21,22)19-9-7-15(12-20)8-10-19/h5-6,11,15,18,20H,7-10,12H2,1-4H3. The Labute approximate surface area is 139 Å². The predicted octanol–water partition coefficient (Wildman–Crippen LogP) is 2.08. The van der Waals surface area contributed by atoms with E-state index in [1.165, 1.54) is 9.87 Å². The molecule has 5 nitrogen and oxygen atoms in total. The molecule has 1 saturated heterocycles. The summed E-state index contributed by atoms with van der Waals surface area (Å²) in [7, 11) is -3.54. The molecule has 0 radical (unpaired) electrons. The Kier molecular flexibility index (Phi) is 5.51. The maximum atomic E-state index is 12.7. The molecule has 0 aliphatic carbocycles. The van der Waals surface area contributed by atoms with Gasteiger partial charge in [-0.1, -0.05) is 18.2 Å². The summed E-state index contributed by atoms with van der Waals surface area (Å²) >= 11 is 0. The van der Waals surface area contributed by atoms with Gasteiger partial charge in [0.05, 0.1) is 5.54 Å². The summed E-state index contributed by atoms with van der Waals surface area (Å²) < 4.78 is 29.7. The molecule has 1 aliphatic rings. The number of hydrogen-bond acceptors (Lipinski definition) is 3. The minimum atomic E-state index is -3.54. The number of nitrogens with one attached hydrogen (secondary N) is 1. The molecule has 0 saturated carbocycles. The van der Waals surface area contributed by atoms with Crippen LogP contribution in [-0.4, -0.2) is 37.5 Å². The Morgan fingerprint density at radius 1 is 1.22 bits per heavy atom. The van der Waals surface area contributed by atoms with E-state index in [1.54, 1.807) is 0 Å². The second-order valence-corrected chi connectivity index (χ2v) is 8.73. The third-order valence-corrected chi connectivity index (χ3v) is 6.60. The zero-order valence-electron chi connectivity index (χ0n) is 14.5. The molecule has 2 N–H and O–H groups in total. The highest BCUT2D eigenvalue weighted by atomic mass is 32.2. The van der Waals surface area contributed by atoms with E-state index < -0.39 is 15.7 Å². The third kappa shape index (κ3) is 4.32. The van der Waals surface area contributed by atoms with Gasteiger partial charge in [-0.3, -0.25) is 0 Å². The monoisotopic (exact) mass is 340 g/mol. The Morgan fingerprint density at radius 3 is 2.35 bits per heavy atom. The molecule has 0 bridgehead atoms. The molecule has 1 aromatic carbocycles. The maximum Gasteiger partial charge on any atom is 0.280 e. The Hall–Kier alpha value is -0.950. The summed E-state index contributed by atoms with van der Waals surface area (Å²) in [6.45, 7) is 8.90. The summed E-state index contributed by atoms with van der Waals surface area (Å²) in [6.07, 6.45) is 1.42. The van der Waals surface area contributed by atoms with Crippen molar-refractivity contribution in [2.24, 2.45) is 5.92 Å². The van der Waals surface area contributed by atoms with Crippen LogP contribution in [0.5, 0.6) is 0 Å². The predicted molar refractivity (Wildman–Crippen MR) is 92.4 cm³/mol. The molecule has 23 heavy (non-hydrogen) atoms. The van der Waals surface area contributed by atoms with Crippen molar-refractivity contribution in [2.45, 2.75) is 46.1 Å².